The number of primary amides is 1. The number of aromatic nitrogens is 3. The third-order valence-corrected chi connectivity index (χ3v) is 6.59. The molecule has 3 aromatic rings. The number of ether oxygens (including phenoxy) is 2. The van der Waals surface area contributed by atoms with E-state index in [-0.39, 0.29) is 5.69 Å². The Bertz CT molecular complexity index is 1140. The molecule has 34 heavy (non-hydrogen) atoms. The van der Waals surface area contributed by atoms with Crippen LogP contribution in [0.5, 0.6) is 11.6 Å². The Hall–Kier alpha value is -3.37. The molecule has 3 heterocycles. The van der Waals surface area contributed by atoms with Crippen LogP contribution in [0.15, 0.2) is 58.6 Å². The molecular weight excluding hydrogens is 452 g/mol. The second-order valence-electron chi connectivity index (χ2n) is 8.18. The molecule has 0 saturated carbocycles. The number of benzene rings is 1. The van der Waals surface area contributed by atoms with Gasteiger partial charge in [0.1, 0.15) is 18.1 Å². The van der Waals surface area contributed by atoms with Crippen molar-refractivity contribution in [3.63, 3.8) is 0 Å². The first-order valence-electron chi connectivity index (χ1n) is 10.9. The monoisotopic (exact) mass is 480 g/mol. The van der Waals surface area contributed by atoms with Gasteiger partial charge in [-0.1, -0.05) is 23.9 Å². The van der Waals surface area contributed by atoms with Crippen LogP contribution in [0, 0.1) is 0 Å². The second-order valence-corrected chi connectivity index (χ2v) is 9.29. The van der Waals surface area contributed by atoms with E-state index >= 15 is 0 Å². The fraction of sp³-hybridized carbons (Fsp3) is 0.333. The van der Waals surface area contributed by atoms with Crippen molar-refractivity contribution in [2.24, 2.45) is 5.73 Å². The van der Waals surface area contributed by atoms with Gasteiger partial charge in [0.05, 0.1) is 18.2 Å². The summed E-state index contributed by atoms with van der Waals surface area (Å²) in [5.74, 6) is 1.35. The Balaban J connectivity index is 1.57. The molecule has 1 saturated heterocycles. The highest BCUT2D eigenvalue weighted by atomic mass is 32.2. The van der Waals surface area contributed by atoms with Crippen molar-refractivity contribution in [3.05, 3.63) is 60.0 Å². The minimum Gasteiger partial charge on any atom is -0.497 e. The molecule has 1 amide bonds. The smallest absolute Gasteiger partial charge is 0.267 e. The van der Waals surface area contributed by atoms with Gasteiger partial charge in [0, 0.05) is 30.2 Å². The SMILES string of the molecule is COc1cccc(COc2nc(N3CCC(N(C)C)C3)ncc2Sc2ccc(C(N)=O)nc2)c1. The van der Waals surface area contributed by atoms with E-state index in [1.54, 1.807) is 31.6 Å². The molecule has 1 aliphatic rings. The number of nitrogens with two attached hydrogens (primary N) is 1. The number of nitrogens with zero attached hydrogens (tertiary/aromatic N) is 5. The molecular formula is C24H28N6O3S. The molecule has 9 nitrogen and oxygen atoms in total. The van der Waals surface area contributed by atoms with Gasteiger partial charge in [0.25, 0.3) is 5.91 Å². The number of pyridine rings is 1. The molecule has 2 N–H and O–H groups in total. The third kappa shape index (κ3) is 5.75. The molecule has 178 valence electrons. The predicted octanol–water partition coefficient (Wildman–Crippen LogP) is 2.85. The quantitative estimate of drug-likeness (QED) is 0.495. The Morgan fingerprint density at radius 3 is 2.76 bits per heavy atom. The molecule has 0 spiro atoms. The van der Waals surface area contributed by atoms with Crippen LogP contribution in [0.25, 0.3) is 0 Å². The molecule has 10 heteroatoms. The van der Waals surface area contributed by atoms with Gasteiger partial charge in [-0.3, -0.25) is 4.79 Å². The number of carbonyl (C=O) groups is 1. The Labute approximate surface area is 203 Å². The van der Waals surface area contributed by atoms with E-state index in [0.29, 0.717) is 24.5 Å². The molecule has 1 atom stereocenters. The van der Waals surface area contributed by atoms with Crippen LogP contribution in [0.4, 0.5) is 5.95 Å². The molecule has 1 aromatic carbocycles. The van der Waals surface area contributed by atoms with Gasteiger partial charge in [0.15, 0.2) is 0 Å². The molecule has 0 radical (unpaired) electrons. The first kappa shape index (κ1) is 23.8. The van der Waals surface area contributed by atoms with Gasteiger partial charge >= 0.3 is 0 Å². The van der Waals surface area contributed by atoms with E-state index in [2.05, 4.69) is 33.9 Å². The lowest BCUT2D eigenvalue weighted by molar-refractivity contribution is 0.0995. The number of carbonyl (C=O) groups excluding carboxylic acids is 1. The third-order valence-electron chi connectivity index (χ3n) is 5.61. The Morgan fingerprint density at radius 1 is 1.24 bits per heavy atom. The standard InChI is InChI=1S/C24H28N6O3S/c1-29(2)17-9-10-30(14-17)24-27-13-21(34-19-7-8-20(22(25)31)26-12-19)23(28-24)33-15-16-5-4-6-18(11-16)32-3/h4-8,11-13,17H,9-10,14-15H2,1-3H3,(H2,25,31). The minimum absolute atomic E-state index is 0.218. The second kappa shape index (κ2) is 10.7. The fourth-order valence-electron chi connectivity index (χ4n) is 3.64. The van der Waals surface area contributed by atoms with Crippen molar-refractivity contribution in [1.29, 1.82) is 0 Å². The van der Waals surface area contributed by atoms with E-state index in [4.69, 9.17) is 20.2 Å². The van der Waals surface area contributed by atoms with Crippen molar-refractivity contribution >= 4 is 23.6 Å². The molecule has 1 unspecified atom stereocenters. The zero-order valence-corrected chi connectivity index (χ0v) is 20.3. The lowest BCUT2D eigenvalue weighted by Crippen LogP contribution is -2.32. The van der Waals surface area contributed by atoms with E-state index in [9.17, 15) is 4.79 Å². The van der Waals surface area contributed by atoms with Gasteiger partial charge in [-0.25, -0.2) is 9.97 Å². The molecule has 0 aliphatic carbocycles. The zero-order valence-electron chi connectivity index (χ0n) is 19.5. The summed E-state index contributed by atoms with van der Waals surface area (Å²) in [7, 11) is 5.82. The van der Waals surface area contributed by atoms with E-state index in [0.717, 1.165) is 40.6 Å². The molecule has 1 fully saturated rings. The van der Waals surface area contributed by atoms with Gasteiger partial charge in [-0.15, -0.1) is 0 Å². The maximum Gasteiger partial charge on any atom is 0.267 e. The topological polar surface area (TPSA) is 107 Å². The summed E-state index contributed by atoms with van der Waals surface area (Å²) >= 11 is 1.42. The molecule has 4 rings (SSSR count). The first-order valence-corrected chi connectivity index (χ1v) is 11.7. The average Bonchev–Trinajstić information content (AvgIpc) is 3.35. The number of likely N-dealkylation sites (N-methyl/N-ethyl adjacent to an activating group) is 1. The van der Waals surface area contributed by atoms with Crippen LogP contribution in [0.2, 0.25) is 0 Å². The molecule has 0 bridgehead atoms. The number of hydrogen-bond donors (Lipinski definition) is 1. The summed E-state index contributed by atoms with van der Waals surface area (Å²) in [6, 6.07) is 11.6. The molecule has 1 aliphatic heterocycles. The summed E-state index contributed by atoms with van der Waals surface area (Å²) < 4.78 is 11.5. The van der Waals surface area contributed by atoms with Crippen molar-refractivity contribution in [2.75, 3.05) is 39.2 Å². The average molecular weight is 481 g/mol. The summed E-state index contributed by atoms with van der Waals surface area (Å²) in [4.78, 5) is 30.8. The number of rotatable bonds is 9. The molecule has 2 aromatic heterocycles. The van der Waals surface area contributed by atoms with Crippen molar-refractivity contribution in [3.8, 4) is 11.6 Å². The van der Waals surface area contributed by atoms with Gasteiger partial charge in [-0.2, -0.15) is 4.98 Å². The van der Waals surface area contributed by atoms with Crippen LogP contribution in [0.1, 0.15) is 22.5 Å². The van der Waals surface area contributed by atoms with Crippen LogP contribution in [-0.2, 0) is 6.61 Å². The Morgan fingerprint density at radius 2 is 2.09 bits per heavy atom. The number of hydrogen-bond acceptors (Lipinski definition) is 9. The van der Waals surface area contributed by atoms with Crippen molar-refractivity contribution in [2.45, 2.75) is 28.9 Å². The first-order chi connectivity index (χ1) is 16.4. The number of amides is 1. The zero-order chi connectivity index (χ0) is 24.1. The van der Waals surface area contributed by atoms with Crippen LogP contribution in [-0.4, -0.2) is 66.1 Å². The van der Waals surface area contributed by atoms with E-state index < -0.39 is 5.91 Å². The van der Waals surface area contributed by atoms with Crippen LogP contribution in [0.3, 0.4) is 0 Å². The lowest BCUT2D eigenvalue weighted by Gasteiger charge is -2.21. The lowest BCUT2D eigenvalue weighted by atomic mass is 10.2. The Kier molecular flexibility index (Phi) is 7.49. The largest absolute Gasteiger partial charge is 0.497 e. The summed E-state index contributed by atoms with van der Waals surface area (Å²) in [6.45, 7) is 2.09. The van der Waals surface area contributed by atoms with Gasteiger partial charge in [-0.05, 0) is 50.3 Å². The van der Waals surface area contributed by atoms with Crippen molar-refractivity contribution in [1.82, 2.24) is 19.9 Å². The normalized spacial score (nSPS) is 15.5. The van der Waals surface area contributed by atoms with E-state index in [1.807, 2.05) is 24.3 Å². The highest BCUT2D eigenvalue weighted by molar-refractivity contribution is 7.99. The highest BCUT2D eigenvalue weighted by Gasteiger charge is 2.26. The summed E-state index contributed by atoms with van der Waals surface area (Å²) in [5, 5.41) is 0. The van der Waals surface area contributed by atoms with Gasteiger partial charge in [0.2, 0.25) is 11.8 Å². The van der Waals surface area contributed by atoms with E-state index in [1.165, 1.54) is 11.8 Å². The highest BCUT2D eigenvalue weighted by Crippen LogP contribution is 2.35. The van der Waals surface area contributed by atoms with Crippen LogP contribution < -0.4 is 20.1 Å². The minimum atomic E-state index is -0.562. The maximum absolute atomic E-state index is 11.3. The maximum atomic E-state index is 11.3. The van der Waals surface area contributed by atoms with Crippen molar-refractivity contribution < 1.29 is 14.3 Å². The number of methoxy groups -OCH3 is 1. The predicted molar refractivity (Wildman–Crippen MR) is 131 cm³/mol. The summed E-state index contributed by atoms with van der Waals surface area (Å²) in [6.07, 6.45) is 4.44. The number of anilines is 1. The van der Waals surface area contributed by atoms with Gasteiger partial charge < -0.3 is 25.0 Å². The fourth-order valence-corrected chi connectivity index (χ4v) is 4.44. The summed E-state index contributed by atoms with van der Waals surface area (Å²) in [5.41, 5.74) is 6.48. The van der Waals surface area contributed by atoms with Crippen LogP contribution >= 0.6 is 11.8 Å².